The third-order valence-electron chi connectivity index (χ3n) is 1.07. The van der Waals surface area contributed by atoms with Crippen LogP contribution in [-0.2, 0) is 4.79 Å². The maximum absolute atomic E-state index is 10.5. The number of aromatic nitrogens is 1. The van der Waals surface area contributed by atoms with E-state index in [4.69, 9.17) is 0 Å². The van der Waals surface area contributed by atoms with Crippen molar-refractivity contribution in [3.05, 3.63) is 18.3 Å². The number of hydrogen-bond donors (Lipinski definition) is 2. The van der Waals surface area contributed by atoms with Gasteiger partial charge in [-0.1, -0.05) is 0 Å². The van der Waals surface area contributed by atoms with E-state index in [1.54, 1.807) is 18.3 Å². The van der Waals surface area contributed by atoms with Gasteiger partial charge in [0, 0.05) is 6.92 Å². The molecule has 1 heterocycles. The minimum Gasteiger partial charge on any atom is -0.325 e. The normalized spacial score (nSPS) is 9.27. The van der Waals surface area contributed by atoms with Crippen LogP contribution >= 0.6 is 12.6 Å². The smallest absolute Gasteiger partial charge is 0.221 e. The van der Waals surface area contributed by atoms with Gasteiger partial charge in [-0.05, 0) is 12.1 Å². The largest absolute Gasteiger partial charge is 0.325 e. The zero-order valence-corrected chi connectivity index (χ0v) is 6.93. The van der Waals surface area contributed by atoms with Gasteiger partial charge in [-0.15, -0.1) is 12.6 Å². The molecule has 0 saturated heterocycles. The first kappa shape index (κ1) is 8.07. The molecule has 1 rings (SSSR count). The van der Waals surface area contributed by atoms with Crippen LogP contribution in [0.5, 0.6) is 0 Å². The van der Waals surface area contributed by atoms with Crippen LogP contribution in [0.15, 0.2) is 23.4 Å². The monoisotopic (exact) mass is 168 g/mol. The molecule has 0 atom stereocenters. The van der Waals surface area contributed by atoms with Crippen molar-refractivity contribution in [3.8, 4) is 0 Å². The Hall–Kier alpha value is -1.03. The van der Waals surface area contributed by atoms with Crippen molar-refractivity contribution < 1.29 is 4.79 Å². The molecule has 3 nitrogen and oxygen atoms in total. The van der Waals surface area contributed by atoms with Crippen LogP contribution < -0.4 is 5.32 Å². The lowest BCUT2D eigenvalue weighted by molar-refractivity contribution is -0.114. The molecule has 1 N–H and O–H groups in total. The summed E-state index contributed by atoms with van der Waals surface area (Å²) in [5.41, 5.74) is 0.690. The Morgan fingerprint density at radius 2 is 2.36 bits per heavy atom. The first-order chi connectivity index (χ1) is 5.18. The Bertz CT molecular complexity index is 258. The molecule has 0 aliphatic heterocycles. The predicted octanol–water partition coefficient (Wildman–Crippen LogP) is 1.33. The van der Waals surface area contributed by atoms with E-state index in [1.807, 2.05) is 0 Å². The van der Waals surface area contributed by atoms with E-state index in [0.29, 0.717) is 10.7 Å². The van der Waals surface area contributed by atoms with Crippen molar-refractivity contribution in [2.24, 2.45) is 0 Å². The van der Waals surface area contributed by atoms with E-state index in [2.05, 4.69) is 22.9 Å². The van der Waals surface area contributed by atoms with Crippen molar-refractivity contribution >= 4 is 24.2 Å². The lowest BCUT2D eigenvalue weighted by Crippen LogP contribution is -2.05. The molecule has 0 aliphatic carbocycles. The highest BCUT2D eigenvalue weighted by atomic mass is 32.1. The molecule has 0 bridgehead atoms. The second-order valence-corrected chi connectivity index (χ2v) is 2.54. The number of nitrogens with zero attached hydrogens (tertiary/aromatic N) is 1. The SMILES string of the molecule is CC(=O)Nc1ccc(S)nc1. The quantitative estimate of drug-likeness (QED) is 0.621. The van der Waals surface area contributed by atoms with E-state index in [1.165, 1.54) is 6.92 Å². The van der Waals surface area contributed by atoms with E-state index >= 15 is 0 Å². The zero-order chi connectivity index (χ0) is 8.27. The predicted molar refractivity (Wildman–Crippen MR) is 45.8 cm³/mol. The van der Waals surface area contributed by atoms with Gasteiger partial charge in [-0.25, -0.2) is 4.98 Å². The van der Waals surface area contributed by atoms with Crippen molar-refractivity contribution in [1.82, 2.24) is 4.98 Å². The molecule has 1 amide bonds. The molecule has 0 radical (unpaired) electrons. The van der Waals surface area contributed by atoms with Crippen molar-refractivity contribution in [3.63, 3.8) is 0 Å². The van der Waals surface area contributed by atoms with Crippen LogP contribution in [0, 0.1) is 0 Å². The van der Waals surface area contributed by atoms with Crippen LogP contribution in [0.1, 0.15) is 6.92 Å². The first-order valence-corrected chi connectivity index (χ1v) is 3.56. The summed E-state index contributed by atoms with van der Waals surface area (Å²) in [6.45, 7) is 1.45. The van der Waals surface area contributed by atoms with Crippen molar-refractivity contribution in [2.75, 3.05) is 5.32 Å². The molecule has 0 saturated carbocycles. The number of thiol groups is 1. The van der Waals surface area contributed by atoms with Gasteiger partial charge in [0.2, 0.25) is 5.91 Å². The van der Waals surface area contributed by atoms with E-state index < -0.39 is 0 Å². The fourth-order valence-electron chi connectivity index (χ4n) is 0.663. The van der Waals surface area contributed by atoms with Crippen LogP contribution in [0.25, 0.3) is 0 Å². The molecule has 0 aliphatic rings. The molecule has 1 aromatic heterocycles. The number of carbonyl (C=O) groups excluding carboxylic acids is 1. The lowest BCUT2D eigenvalue weighted by Gasteiger charge is -1.99. The maximum Gasteiger partial charge on any atom is 0.221 e. The highest BCUT2D eigenvalue weighted by Crippen LogP contribution is 2.07. The number of anilines is 1. The molecule has 4 heteroatoms. The molecule has 0 fully saturated rings. The van der Waals surface area contributed by atoms with Crippen LogP contribution in [0.4, 0.5) is 5.69 Å². The standard InChI is InChI=1S/C7H8N2OS/c1-5(10)9-6-2-3-7(11)8-4-6/h2-4H,1H3,(H,8,11)(H,9,10). The topological polar surface area (TPSA) is 42.0 Å². The molecule has 1 aromatic rings. The summed E-state index contributed by atoms with van der Waals surface area (Å²) < 4.78 is 0. The van der Waals surface area contributed by atoms with Gasteiger partial charge in [0.15, 0.2) is 0 Å². The highest BCUT2D eigenvalue weighted by Gasteiger charge is 1.93. The maximum atomic E-state index is 10.5. The third-order valence-corrected chi connectivity index (χ3v) is 1.33. The molecule has 0 unspecified atom stereocenters. The fraction of sp³-hybridized carbons (Fsp3) is 0.143. The second kappa shape index (κ2) is 3.39. The van der Waals surface area contributed by atoms with Crippen LogP contribution in [0.2, 0.25) is 0 Å². The van der Waals surface area contributed by atoms with Gasteiger partial charge in [-0.3, -0.25) is 4.79 Å². The Morgan fingerprint density at radius 1 is 1.64 bits per heavy atom. The Morgan fingerprint density at radius 3 is 2.82 bits per heavy atom. The van der Waals surface area contributed by atoms with Crippen molar-refractivity contribution in [2.45, 2.75) is 11.9 Å². The summed E-state index contributed by atoms with van der Waals surface area (Å²) in [4.78, 5) is 14.4. The average molecular weight is 168 g/mol. The summed E-state index contributed by atoms with van der Waals surface area (Å²) in [6, 6.07) is 3.46. The van der Waals surface area contributed by atoms with Crippen LogP contribution in [-0.4, -0.2) is 10.9 Å². The zero-order valence-electron chi connectivity index (χ0n) is 6.03. The number of pyridine rings is 1. The average Bonchev–Trinajstić information content (AvgIpc) is 1.93. The summed E-state index contributed by atoms with van der Waals surface area (Å²) in [5.74, 6) is -0.0984. The summed E-state index contributed by atoms with van der Waals surface area (Å²) in [6.07, 6.45) is 1.56. The summed E-state index contributed by atoms with van der Waals surface area (Å²) >= 11 is 4.00. The molecule has 0 spiro atoms. The van der Waals surface area contributed by atoms with Gasteiger partial charge in [-0.2, -0.15) is 0 Å². The van der Waals surface area contributed by atoms with Gasteiger partial charge < -0.3 is 5.32 Å². The molecule has 58 valence electrons. The van der Waals surface area contributed by atoms with E-state index in [9.17, 15) is 4.79 Å². The minimum atomic E-state index is -0.0984. The Labute approximate surface area is 70.2 Å². The van der Waals surface area contributed by atoms with E-state index in [0.717, 1.165) is 0 Å². The molecular weight excluding hydrogens is 160 g/mol. The Kier molecular flexibility index (Phi) is 2.48. The van der Waals surface area contributed by atoms with Gasteiger partial charge in [0.05, 0.1) is 16.9 Å². The summed E-state index contributed by atoms with van der Waals surface area (Å²) in [5, 5.41) is 3.23. The minimum absolute atomic E-state index is 0.0984. The fourth-order valence-corrected chi connectivity index (χ4v) is 0.796. The number of amides is 1. The molecule has 0 aromatic carbocycles. The van der Waals surface area contributed by atoms with E-state index in [-0.39, 0.29) is 5.91 Å². The van der Waals surface area contributed by atoms with Crippen molar-refractivity contribution in [1.29, 1.82) is 0 Å². The number of rotatable bonds is 1. The molecule has 11 heavy (non-hydrogen) atoms. The molecular formula is C7H8N2OS. The van der Waals surface area contributed by atoms with Gasteiger partial charge in [0.25, 0.3) is 0 Å². The first-order valence-electron chi connectivity index (χ1n) is 3.11. The Balaban J connectivity index is 2.74. The summed E-state index contributed by atoms with van der Waals surface area (Å²) in [7, 11) is 0. The number of hydrogen-bond acceptors (Lipinski definition) is 3. The van der Waals surface area contributed by atoms with Crippen LogP contribution in [0.3, 0.4) is 0 Å². The van der Waals surface area contributed by atoms with Gasteiger partial charge in [0.1, 0.15) is 0 Å². The lowest BCUT2D eigenvalue weighted by atomic mass is 10.4. The second-order valence-electron chi connectivity index (χ2n) is 2.09. The number of nitrogens with one attached hydrogen (secondary N) is 1. The third kappa shape index (κ3) is 2.59. The van der Waals surface area contributed by atoms with Gasteiger partial charge >= 0.3 is 0 Å². The highest BCUT2D eigenvalue weighted by molar-refractivity contribution is 7.80. The number of carbonyl (C=O) groups is 1.